The highest BCUT2D eigenvalue weighted by atomic mass is 16.5. The number of hydrogen-bond donors (Lipinski definition) is 3. The average Bonchev–Trinajstić information content (AvgIpc) is 3.40. The number of carbonyl (C=O) groups excluding carboxylic acids is 3. The molecule has 1 aromatic rings. The molecule has 0 aromatic heterocycles. The molecule has 6 atom stereocenters. The Labute approximate surface area is 243 Å². The maximum atomic E-state index is 14.5. The summed E-state index contributed by atoms with van der Waals surface area (Å²) in [5.74, 6) is 0.370. The monoisotopic (exact) mass is 569 g/mol. The third-order valence-electron chi connectivity index (χ3n) is 9.46. The van der Waals surface area contributed by atoms with Crippen LogP contribution in [0.1, 0.15) is 70.4 Å². The van der Waals surface area contributed by atoms with E-state index in [9.17, 15) is 14.4 Å². The lowest BCUT2D eigenvalue weighted by Gasteiger charge is -2.45. The third-order valence-corrected chi connectivity index (χ3v) is 9.46. The van der Waals surface area contributed by atoms with Gasteiger partial charge in [0.25, 0.3) is 0 Å². The van der Waals surface area contributed by atoms with Crippen molar-refractivity contribution in [1.82, 2.24) is 25.8 Å². The molecule has 1 saturated carbocycles. The van der Waals surface area contributed by atoms with Crippen molar-refractivity contribution < 1.29 is 23.9 Å². The number of rotatable bonds is 9. The van der Waals surface area contributed by atoms with Gasteiger partial charge in [-0.05, 0) is 52.1 Å². The van der Waals surface area contributed by atoms with Gasteiger partial charge < -0.3 is 30.3 Å². The summed E-state index contributed by atoms with van der Waals surface area (Å²) in [6.07, 6.45) is 6.64. The molecule has 3 fully saturated rings. The summed E-state index contributed by atoms with van der Waals surface area (Å²) in [5.41, 5.74) is 0.963. The smallest absolute Gasteiger partial charge is 0.246 e. The summed E-state index contributed by atoms with van der Waals surface area (Å²) in [4.78, 5) is 45.7. The first-order valence-corrected chi connectivity index (χ1v) is 15.6. The zero-order chi connectivity index (χ0) is 28.9. The first-order valence-electron chi connectivity index (χ1n) is 15.6. The highest BCUT2D eigenvalue weighted by Gasteiger charge is 2.47. The summed E-state index contributed by atoms with van der Waals surface area (Å²) in [6, 6.07) is 6.04. The van der Waals surface area contributed by atoms with Gasteiger partial charge in [0.15, 0.2) is 0 Å². The zero-order valence-electron chi connectivity index (χ0n) is 24.8. The number of carbonyl (C=O) groups is 3. The van der Waals surface area contributed by atoms with E-state index in [2.05, 4.69) is 20.9 Å². The van der Waals surface area contributed by atoms with Crippen LogP contribution in [-0.4, -0.2) is 97.7 Å². The fourth-order valence-corrected chi connectivity index (χ4v) is 7.05. The van der Waals surface area contributed by atoms with Crippen molar-refractivity contribution in [2.75, 3.05) is 39.9 Å². The summed E-state index contributed by atoms with van der Waals surface area (Å²) in [6.45, 7) is 6.62. The number of nitrogens with one attached hydrogen (secondary N) is 3. The minimum absolute atomic E-state index is 0.0631. The van der Waals surface area contributed by atoms with Crippen molar-refractivity contribution in [2.24, 2.45) is 5.92 Å². The molecule has 3 heterocycles. The molecule has 41 heavy (non-hydrogen) atoms. The van der Waals surface area contributed by atoms with Gasteiger partial charge in [0.05, 0.1) is 24.8 Å². The van der Waals surface area contributed by atoms with Gasteiger partial charge in [0, 0.05) is 44.3 Å². The van der Waals surface area contributed by atoms with Crippen LogP contribution < -0.4 is 20.7 Å². The number of para-hydroxylation sites is 1. The van der Waals surface area contributed by atoms with Crippen molar-refractivity contribution in [3.05, 3.63) is 29.8 Å². The van der Waals surface area contributed by atoms with Gasteiger partial charge >= 0.3 is 0 Å². The topological polar surface area (TPSA) is 112 Å². The summed E-state index contributed by atoms with van der Waals surface area (Å²) >= 11 is 0. The number of likely N-dealkylation sites (N-methyl/N-ethyl adjacent to an activating group) is 1. The van der Waals surface area contributed by atoms with E-state index < -0.39 is 18.1 Å². The van der Waals surface area contributed by atoms with E-state index in [-0.39, 0.29) is 41.8 Å². The van der Waals surface area contributed by atoms with E-state index in [1.54, 1.807) is 18.9 Å². The van der Waals surface area contributed by atoms with Crippen LogP contribution in [0.5, 0.6) is 5.75 Å². The zero-order valence-corrected chi connectivity index (χ0v) is 24.8. The molecule has 10 heteroatoms. The number of ether oxygens (including phenoxy) is 2. The van der Waals surface area contributed by atoms with Gasteiger partial charge in [-0.25, -0.2) is 0 Å². The summed E-state index contributed by atoms with van der Waals surface area (Å²) in [7, 11) is 1.74. The molecule has 4 aliphatic rings. The van der Waals surface area contributed by atoms with Crippen molar-refractivity contribution in [2.45, 2.75) is 95.1 Å². The Morgan fingerprint density at radius 3 is 2.61 bits per heavy atom. The number of amides is 3. The second-order valence-electron chi connectivity index (χ2n) is 12.1. The number of nitrogens with zero attached hydrogens (tertiary/aromatic N) is 2. The van der Waals surface area contributed by atoms with Crippen LogP contribution in [0.25, 0.3) is 0 Å². The van der Waals surface area contributed by atoms with Crippen molar-refractivity contribution in [1.29, 1.82) is 0 Å². The second kappa shape index (κ2) is 13.5. The van der Waals surface area contributed by atoms with Crippen molar-refractivity contribution in [3.63, 3.8) is 0 Å². The van der Waals surface area contributed by atoms with Gasteiger partial charge in [0.2, 0.25) is 17.7 Å². The molecule has 0 bridgehead atoms. The Balaban J connectivity index is 1.40. The second-order valence-corrected chi connectivity index (χ2v) is 12.1. The molecule has 3 amide bonds. The maximum absolute atomic E-state index is 14.5. The molecule has 226 valence electrons. The Bertz CT molecular complexity index is 1080. The molecule has 2 saturated heterocycles. The first-order chi connectivity index (χ1) is 19.9. The Morgan fingerprint density at radius 2 is 1.85 bits per heavy atom. The highest BCUT2D eigenvalue weighted by molar-refractivity contribution is 5.93. The van der Waals surface area contributed by atoms with Crippen molar-refractivity contribution >= 4 is 17.7 Å². The van der Waals surface area contributed by atoms with Crippen LogP contribution in [0, 0.1) is 5.92 Å². The van der Waals surface area contributed by atoms with Crippen LogP contribution in [0.3, 0.4) is 0 Å². The minimum atomic E-state index is -0.654. The maximum Gasteiger partial charge on any atom is 0.246 e. The molecule has 10 nitrogen and oxygen atoms in total. The number of fused-ring (bicyclic) bond motifs is 2. The van der Waals surface area contributed by atoms with E-state index in [1.165, 1.54) is 0 Å². The van der Waals surface area contributed by atoms with E-state index in [0.717, 1.165) is 56.4 Å². The fourth-order valence-electron chi connectivity index (χ4n) is 7.05. The molecule has 5 rings (SSSR count). The van der Waals surface area contributed by atoms with Crippen LogP contribution in [0.4, 0.5) is 0 Å². The van der Waals surface area contributed by atoms with Gasteiger partial charge in [0.1, 0.15) is 17.8 Å². The van der Waals surface area contributed by atoms with E-state index in [0.29, 0.717) is 32.7 Å². The Hall–Kier alpha value is -2.69. The van der Waals surface area contributed by atoms with Gasteiger partial charge in [-0.2, -0.15) is 0 Å². The molecule has 1 aliphatic carbocycles. The van der Waals surface area contributed by atoms with Gasteiger partial charge in [-0.3, -0.25) is 19.3 Å². The predicted octanol–water partition coefficient (Wildman–Crippen LogP) is 1.99. The Morgan fingerprint density at radius 1 is 1.07 bits per heavy atom. The molecule has 3 N–H and O–H groups in total. The fraction of sp³-hybridized carbons (Fsp3) is 0.710. The Kier molecular flexibility index (Phi) is 9.83. The van der Waals surface area contributed by atoms with Crippen LogP contribution in [-0.2, 0) is 19.1 Å². The normalized spacial score (nSPS) is 28.1. The molecular formula is C31H47N5O5. The van der Waals surface area contributed by atoms with E-state index in [4.69, 9.17) is 9.47 Å². The summed E-state index contributed by atoms with van der Waals surface area (Å²) in [5, 5.41) is 9.35. The lowest BCUT2D eigenvalue weighted by Crippen LogP contribution is -2.66. The van der Waals surface area contributed by atoms with Crippen LogP contribution >= 0.6 is 0 Å². The molecule has 0 radical (unpaired) electrons. The lowest BCUT2D eigenvalue weighted by molar-refractivity contribution is -0.149. The number of hydrogen-bond acceptors (Lipinski definition) is 7. The average molecular weight is 570 g/mol. The largest absolute Gasteiger partial charge is 0.493 e. The molecular weight excluding hydrogens is 522 g/mol. The van der Waals surface area contributed by atoms with Gasteiger partial charge in [-0.1, -0.05) is 37.5 Å². The number of benzene rings is 1. The van der Waals surface area contributed by atoms with Gasteiger partial charge in [-0.15, -0.1) is 0 Å². The standard InChI is InChI=1S/C31H47N5O5/c1-4-40-23-16-22-17-36(31(39)28(21-10-6-5-7-11-21)34-29(37)20(2)32-3)26(19-35(22)18-23)30(38)33-25-14-15-41-27-13-9-8-12-24(25)27/h8-9,12-13,20-23,25-26,28,32H,4-7,10-11,14-19H2,1-3H3,(H,33,38)(H,34,37)/t20-,22+,23?,25+,26?,28-/m0/s1. The van der Waals surface area contributed by atoms with E-state index in [1.807, 2.05) is 31.2 Å². The molecule has 0 spiro atoms. The number of piperazine rings is 1. The van der Waals surface area contributed by atoms with E-state index >= 15 is 0 Å². The quantitative estimate of drug-likeness (QED) is 0.417. The van der Waals surface area contributed by atoms with Crippen LogP contribution in [0.15, 0.2) is 24.3 Å². The molecule has 3 aliphatic heterocycles. The third kappa shape index (κ3) is 6.70. The SMILES string of the molecule is CCOC1C[C@@H]2CN(C(=O)[C@@H](NC(=O)[C@H](C)NC)C3CCCCC3)C(C(=O)N[C@@H]3CCOc4ccccc43)CN2C1. The molecule has 2 unspecified atom stereocenters. The van der Waals surface area contributed by atoms with Crippen LogP contribution in [0.2, 0.25) is 0 Å². The lowest BCUT2D eigenvalue weighted by atomic mass is 9.82. The minimum Gasteiger partial charge on any atom is -0.493 e. The molecule has 1 aromatic carbocycles. The van der Waals surface area contributed by atoms with Crippen molar-refractivity contribution in [3.8, 4) is 5.75 Å². The predicted molar refractivity (Wildman–Crippen MR) is 155 cm³/mol. The highest BCUT2D eigenvalue weighted by Crippen LogP contribution is 2.34. The first kappa shape index (κ1) is 29.8. The summed E-state index contributed by atoms with van der Waals surface area (Å²) < 4.78 is 11.8.